The monoisotopic (exact) mass is 479 g/mol. The standard InChI is InChI=1S/C19H37N5O.HI/c1-7-20-18(21-11-16-9-10-22(8-2)12-16)23-13-17(25)24(15(3)4)19(5,6)14-23;/h15-16H,7-14H2,1-6H3,(H,20,21);1H. The summed E-state index contributed by atoms with van der Waals surface area (Å²) in [4.78, 5) is 24.2. The highest BCUT2D eigenvalue weighted by molar-refractivity contribution is 14.0. The largest absolute Gasteiger partial charge is 0.357 e. The molecule has 0 aromatic heterocycles. The van der Waals surface area contributed by atoms with Crippen LogP contribution >= 0.6 is 24.0 Å². The normalized spacial score (nSPS) is 24.2. The quantitative estimate of drug-likeness (QED) is 0.374. The summed E-state index contributed by atoms with van der Waals surface area (Å²) in [6.45, 7) is 19.1. The number of halogens is 1. The molecule has 2 fully saturated rings. The Labute approximate surface area is 176 Å². The van der Waals surface area contributed by atoms with Crippen molar-refractivity contribution in [3.63, 3.8) is 0 Å². The van der Waals surface area contributed by atoms with Crippen LogP contribution in [-0.2, 0) is 4.79 Å². The maximum Gasteiger partial charge on any atom is 0.242 e. The summed E-state index contributed by atoms with van der Waals surface area (Å²) >= 11 is 0. The first-order valence-corrected chi connectivity index (χ1v) is 9.86. The van der Waals surface area contributed by atoms with Crippen LogP contribution in [0.2, 0.25) is 0 Å². The Kier molecular flexibility index (Phi) is 9.12. The fourth-order valence-electron chi connectivity index (χ4n) is 4.30. The van der Waals surface area contributed by atoms with Crippen molar-refractivity contribution in [2.24, 2.45) is 10.9 Å². The minimum atomic E-state index is -0.188. The molecule has 0 aromatic rings. The van der Waals surface area contributed by atoms with E-state index in [1.165, 1.54) is 13.0 Å². The second kappa shape index (κ2) is 10.1. The van der Waals surface area contributed by atoms with Gasteiger partial charge < -0.3 is 20.0 Å². The van der Waals surface area contributed by atoms with E-state index >= 15 is 0 Å². The molecule has 2 aliphatic heterocycles. The van der Waals surface area contributed by atoms with Crippen LogP contribution in [0.5, 0.6) is 0 Å². The molecule has 0 saturated carbocycles. The van der Waals surface area contributed by atoms with Crippen LogP contribution in [0.3, 0.4) is 0 Å². The van der Waals surface area contributed by atoms with Gasteiger partial charge in [0.2, 0.25) is 5.91 Å². The van der Waals surface area contributed by atoms with Crippen molar-refractivity contribution >= 4 is 35.8 Å². The number of likely N-dealkylation sites (tertiary alicyclic amines) is 1. The number of carbonyl (C=O) groups excluding carboxylic acids is 1. The summed E-state index contributed by atoms with van der Waals surface area (Å²) in [6.07, 6.45) is 1.22. The zero-order chi connectivity index (χ0) is 18.6. The van der Waals surface area contributed by atoms with Crippen molar-refractivity contribution in [1.29, 1.82) is 0 Å². The van der Waals surface area contributed by atoms with Crippen LogP contribution in [0.4, 0.5) is 0 Å². The molecule has 1 amide bonds. The van der Waals surface area contributed by atoms with Crippen LogP contribution < -0.4 is 5.32 Å². The Morgan fingerprint density at radius 1 is 1.35 bits per heavy atom. The first kappa shape index (κ1) is 23.5. The number of guanidine groups is 1. The van der Waals surface area contributed by atoms with Crippen molar-refractivity contribution in [2.75, 3.05) is 45.8 Å². The average Bonchev–Trinajstić information content (AvgIpc) is 2.97. The summed E-state index contributed by atoms with van der Waals surface area (Å²) in [6, 6.07) is 0.225. The fraction of sp³-hybridized carbons (Fsp3) is 0.895. The van der Waals surface area contributed by atoms with Gasteiger partial charge >= 0.3 is 0 Å². The van der Waals surface area contributed by atoms with Crippen LogP contribution in [0.25, 0.3) is 0 Å². The van der Waals surface area contributed by atoms with E-state index in [-0.39, 0.29) is 41.5 Å². The molecule has 0 spiro atoms. The highest BCUT2D eigenvalue weighted by atomic mass is 127. The van der Waals surface area contributed by atoms with Crippen molar-refractivity contribution in [2.45, 2.75) is 59.5 Å². The maximum atomic E-state index is 12.7. The van der Waals surface area contributed by atoms with Gasteiger partial charge in [-0.3, -0.25) is 9.79 Å². The van der Waals surface area contributed by atoms with Gasteiger partial charge in [-0.15, -0.1) is 24.0 Å². The number of piperazine rings is 1. The molecule has 2 saturated heterocycles. The van der Waals surface area contributed by atoms with Gasteiger partial charge in [-0.2, -0.15) is 0 Å². The second-order valence-corrected chi connectivity index (χ2v) is 8.27. The van der Waals surface area contributed by atoms with Crippen LogP contribution in [-0.4, -0.2) is 84.0 Å². The number of carbonyl (C=O) groups is 1. The molecular formula is C19H38IN5O. The lowest BCUT2D eigenvalue weighted by molar-refractivity contribution is -0.145. The Balaban J connectivity index is 0.00000338. The molecule has 0 aromatic carbocycles. The van der Waals surface area contributed by atoms with Gasteiger partial charge in [0.15, 0.2) is 5.96 Å². The molecule has 1 unspecified atom stereocenters. The van der Waals surface area contributed by atoms with Gasteiger partial charge in [0.1, 0.15) is 0 Å². The van der Waals surface area contributed by atoms with Crippen LogP contribution in [0.1, 0.15) is 48.0 Å². The zero-order valence-electron chi connectivity index (χ0n) is 17.4. The first-order chi connectivity index (χ1) is 11.8. The molecule has 0 bridgehead atoms. The summed E-state index contributed by atoms with van der Waals surface area (Å²) in [5.41, 5.74) is -0.188. The molecule has 2 rings (SSSR count). The van der Waals surface area contributed by atoms with Crippen molar-refractivity contribution in [3.8, 4) is 0 Å². The third-order valence-electron chi connectivity index (χ3n) is 5.29. The molecule has 1 atom stereocenters. The SMILES string of the molecule is CCNC(=NCC1CCN(CC)C1)N1CC(=O)N(C(C)C)C(C)(C)C1.I. The van der Waals surface area contributed by atoms with E-state index in [0.717, 1.165) is 38.7 Å². The van der Waals surface area contributed by atoms with Crippen molar-refractivity contribution < 1.29 is 4.79 Å². The Hall–Kier alpha value is -0.570. The maximum absolute atomic E-state index is 12.7. The highest BCUT2D eigenvalue weighted by Gasteiger charge is 2.40. The predicted molar refractivity (Wildman–Crippen MR) is 119 cm³/mol. The minimum absolute atomic E-state index is 0. The molecule has 152 valence electrons. The second-order valence-electron chi connectivity index (χ2n) is 8.27. The predicted octanol–water partition coefficient (Wildman–Crippen LogP) is 2.24. The first-order valence-electron chi connectivity index (χ1n) is 9.86. The molecule has 7 heteroatoms. The topological polar surface area (TPSA) is 51.2 Å². The molecule has 0 aliphatic carbocycles. The number of hydrogen-bond donors (Lipinski definition) is 1. The third kappa shape index (κ3) is 5.71. The Morgan fingerprint density at radius 3 is 2.54 bits per heavy atom. The van der Waals surface area contributed by atoms with Crippen molar-refractivity contribution in [3.05, 3.63) is 0 Å². The summed E-state index contributed by atoms with van der Waals surface area (Å²) in [5, 5.41) is 3.40. The Bertz CT molecular complexity index is 494. The van der Waals surface area contributed by atoms with Gasteiger partial charge in [0.05, 0.1) is 12.1 Å². The highest BCUT2D eigenvalue weighted by Crippen LogP contribution is 2.24. The average molecular weight is 479 g/mol. The molecule has 6 nitrogen and oxygen atoms in total. The van der Waals surface area contributed by atoms with Gasteiger partial charge in [-0.25, -0.2) is 0 Å². The number of aliphatic imine (C=N–C) groups is 1. The Morgan fingerprint density at radius 2 is 2.04 bits per heavy atom. The number of amides is 1. The van der Waals surface area contributed by atoms with E-state index in [1.54, 1.807) is 0 Å². The lowest BCUT2D eigenvalue weighted by atomic mass is 9.96. The van der Waals surface area contributed by atoms with E-state index in [2.05, 4.69) is 56.7 Å². The van der Waals surface area contributed by atoms with Crippen molar-refractivity contribution in [1.82, 2.24) is 20.0 Å². The summed E-state index contributed by atoms with van der Waals surface area (Å²) in [5.74, 6) is 1.71. The fourth-order valence-corrected chi connectivity index (χ4v) is 4.30. The zero-order valence-corrected chi connectivity index (χ0v) is 19.7. The van der Waals surface area contributed by atoms with Gasteiger partial charge in [-0.1, -0.05) is 6.92 Å². The number of nitrogens with zero attached hydrogens (tertiary/aromatic N) is 4. The molecule has 0 radical (unpaired) electrons. The number of rotatable bonds is 5. The minimum Gasteiger partial charge on any atom is -0.357 e. The van der Waals surface area contributed by atoms with Gasteiger partial charge in [-0.05, 0) is 60.0 Å². The van der Waals surface area contributed by atoms with Gasteiger partial charge in [0.25, 0.3) is 0 Å². The van der Waals surface area contributed by atoms with Gasteiger partial charge in [0, 0.05) is 32.2 Å². The number of nitrogens with one attached hydrogen (secondary N) is 1. The van der Waals surface area contributed by atoms with Crippen LogP contribution in [0.15, 0.2) is 4.99 Å². The summed E-state index contributed by atoms with van der Waals surface area (Å²) in [7, 11) is 0. The van der Waals surface area contributed by atoms with E-state index in [9.17, 15) is 4.79 Å². The van der Waals surface area contributed by atoms with E-state index in [4.69, 9.17) is 4.99 Å². The molecule has 26 heavy (non-hydrogen) atoms. The number of hydrogen-bond acceptors (Lipinski definition) is 3. The summed E-state index contributed by atoms with van der Waals surface area (Å²) < 4.78 is 0. The smallest absolute Gasteiger partial charge is 0.242 e. The molecular weight excluding hydrogens is 441 g/mol. The van der Waals surface area contributed by atoms with E-state index in [0.29, 0.717) is 12.5 Å². The van der Waals surface area contributed by atoms with E-state index in [1.807, 2.05) is 4.90 Å². The molecule has 2 heterocycles. The lowest BCUT2D eigenvalue weighted by Crippen LogP contribution is -2.66. The van der Waals surface area contributed by atoms with E-state index < -0.39 is 0 Å². The molecule has 2 aliphatic rings. The third-order valence-corrected chi connectivity index (χ3v) is 5.29. The lowest BCUT2D eigenvalue weighted by Gasteiger charge is -2.49. The van der Waals surface area contributed by atoms with Crippen LogP contribution in [0, 0.1) is 5.92 Å². The molecule has 1 N–H and O–H groups in total.